The third kappa shape index (κ3) is 6.70. The highest BCUT2D eigenvalue weighted by atomic mass is 32.2. The number of fused-ring (bicyclic) bond motifs is 4. The third-order valence-electron chi connectivity index (χ3n) is 7.86. The summed E-state index contributed by atoms with van der Waals surface area (Å²) in [6, 6.07) is 11.3. The van der Waals surface area contributed by atoms with Crippen molar-refractivity contribution in [3.8, 4) is 28.4 Å². The summed E-state index contributed by atoms with van der Waals surface area (Å²) in [4.78, 5) is 46.9. The maximum atomic E-state index is 13.8. The number of methoxy groups -OCH3 is 3. The van der Waals surface area contributed by atoms with Crippen LogP contribution in [0.5, 0.6) is 17.2 Å². The third-order valence-corrected chi connectivity index (χ3v) is 8.50. The molecule has 12 heteroatoms. The number of rotatable bonds is 11. The second-order valence-electron chi connectivity index (χ2n) is 10.7. The predicted octanol–water partition coefficient (Wildman–Crippen LogP) is 4.91. The van der Waals surface area contributed by atoms with Gasteiger partial charge < -0.3 is 35.1 Å². The minimum absolute atomic E-state index is 0.210. The van der Waals surface area contributed by atoms with Gasteiger partial charge in [-0.3, -0.25) is 14.4 Å². The van der Waals surface area contributed by atoms with Gasteiger partial charge >= 0.3 is 0 Å². The molecule has 1 heterocycles. The van der Waals surface area contributed by atoms with Crippen LogP contribution in [0.25, 0.3) is 22.2 Å². The topological polar surface area (TPSA) is 144 Å². The van der Waals surface area contributed by atoms with Crippen molar-refractivity contribution in [3.05, 3.63) is 70.1 Å². The zero-order valence-electron chi connectivity index (χ0n) is 25.9. The molecule has 0 unspecified atom stereocenters. The Morgan fingerprint density at radius 3 is 2.58 bits per heavy atom. The average molecular weight is 632 g/mol. The van der Waals surface area contributed by atoms with Crippen molar-refractivity contribution >= 4 is 46.0 Å². The number of nitrogens with zero attached hydrogens (tertiary/aromatic N) is 1. The number of aryl methyl sites for hydroxylation is 1. The highest BCUT2D eigenvalue weighted by Crippen LogP contribution is 2.50. The number of amides is 2. The molecule has 11 nitrogen and oxygen atoms in total. The minimum atomic E-state index is -0.692. The summed E-state index contributed by atoms with van der Waals surface area (Å²) in [7, 11) is 4.66. The number of thioether (sulfide) groups is 1. The number of aromatic nitrogens is 2. The van der Waals surface area contributed by atoms with Gasteiger partial charge in [-0.05, 0) is 84.4 Å². The van der Waals surface area contributed by atoms with E-state index in [9.17, 15) is 14.4 Å². The first-order chi connectivity index (χ1) is 21.8. The van der Waals surface area contributed by atoms with Crippen LogP contribution in [0.1, 0.15) is 36.9 Å². The lowest BCUT2D eigenvalue weighted by molar-refractivity contribution is -0.120. The fourth-order valence-corrected chi connectivity index (χ4v) is 6.23. The van der Waals surface area contributed by atoms with E-state index in [1.54, 1.807) is 57.6 Å². The number of carbonyl (C=O) groups excluding carboxylic acids is 2. The number of imidazole rings is 1. The van der Waals surface area contributed by atoms with E-state index in [0.717, 1.165) is 22.2 Å². The van der Waals surface area contributed by atoms with E-state index in [0.29, 0.717) is 59.1 Å². The van der Waals surface area contributed by atoms with E-state index in [1.807, 2.05) is 30.5 Å². The SMILES string of the molecule is COc1cc2c(c(OC)c1OC)-c1ccc(N[C@@H](CCSC)C(=O)Nc3ccc4nc[nH]c4c3)c(=O)cc1[C@@H](NC(C)=O)CC2. The molecular weight excluding hydrogens is 594 g/mol. The first-order valence-electron chi connectivity index (χ1n) is 14.5. The number of benzene rings is 2. The van der Waals surface area contributed by atoms with E-state index in [-0.39, 0.29) is 22.9 Å². The van der Waals surface area contributed by atoms with Crippen molar-refractivity contribution < 1.29 is 23.8 Å². The number of aromatic amines is 1. The number of hydrogen-bond donors (Lipinski definition) is 4. The largest absolute Gasteiger partial charge is 0.493 e. The van der Waals surface area contributed by atoms with Crippen LogP contribution >= 0.6 is 11.8 Å². The van der Waals surface area contributed by atoms with Crippen molar-refractivity contribution in [2.75, 3.05) is 44.0 Å². The zero-order valence-corrected chi connectivity index (χ0v) is 26.7. The molecular formula is C33H37N5O6S. The minimum Gasteiger partial charge on any atom is -0.493 e. The summed E-state index contributed by atoms with van der Waals surface area (Å²) in [5, 5.41) is 9.21. The molecule has 0 aliphatic heterocycles. The van der Waals surface area contributed by atoms with E-state index < -0.39 is 12.1 Å². The molecule has 5 rings (SSSR count). The second-order valence-corrected chi connectivity index (χ2v) is 11.7. The van der Waals surface area contributed by atoms with Crippen LogP contribution in [0.3, 0.4) is 0 Å². The second kappa shape index (κ2) is 13.9. The monoisotopic (exact) mass is 631 g/mol. The molecule has 4 aromatic rings. The quantitative estimate of drug-likeness (QED) is 0.182. The molecule has 2 atom stereocenters. The van der Waals surface area contributed by atoms with Crippen LogP contribution in [0.15, 0.2) is 53.6 Å². The lowest BCUT2D eigenvalue weighted by Crippen LogP contribution is -2.36. The molecule has 236 valence electrons. The number of nitrogens with one attached hydrogen (secondary N) is 4. The highest BCUT2D eigenvalue weighted by Gasteiger charge is 2.30. The lowest BCUT2D eigenvalue weighted by atomic mass is 9.95. The Bertz CT molecular complexity index is 1790. The molecule has 1 aromatic heterocycles. The van der Waals surface area contributed by atoms with E-state index in [4.69, 9.17) is 14.2 Å². The summed E-state index contributed by atoms with van der Waals surface area (Å²) in [5.41, 5.74) is 5.21. The molecule has 45 heavy (non-hydrogen) atoms. The number of anilines is 2. The summed E-state index contributed by atoms with van der Waals surface area (Å²) in [6.07, 6.45) is 5.19. The summed E-state index contributed by atoms with van der Waals surface area (Å²) >= 11 is 1.61. The number of ether oxygens (including phenoxy) is 3. The Balaban J connectivity index is 1.58. The van der Waals surface area contributed by atoms with E-state index in [2.05, 4.69) is 25.9 Å². The molecule has 0 fully saturated rings. The molecule has 3 aromatic carbocycles. The Labute approximate surface area is 265 Å². The van der Waals surface area contributed by atoms with Crippen molar-refractivity contribution in [1.82, 2.24) is 15.3 Å². The van der Waals surface area contributed by atoms with Crippen molar-refractivity contribution in [3.63, 3.8) is 0 Å². The maximum Gasteiger partial charge on any atom is 0.246 e. The molecule has 4 N–H and O–H groups in total. The zero-order chi connectivity index (χ0) is 32.1. The standard InChI is InChI=1S/C33H37N5O6S/c1-18(39)36-23-9-6-19-14-29(42-2)31(43-3)32(44-4)30(19)21-8-11-25(28(40)16-22(21)23)38-26(12-13-45-5)33(41)37-20-7-10-24-27(15-20)35-17-34-24/h7-8,10-11,14-17,23,26H,6,9,12-13H2,1-5H3,(H,34,35)(H,36,39)(H,37,41)(H,38,40)/t23-,26-/m0/s1. The van der Waals surface area contributed by atoms with Crippen LogP contribution in [-0.4, -0.2) is 61.2 Å². The van der Waals surface area contributed by atoms with Crippen LogP contribution in [0.4, 0.5) is 11.4 Å². The van der Waals surface area contributed by atoms with Gasteiger partial charge in [0.2, 0.25) is 23.0 Å². The molecule has 0 radical (unpaired) electrons. The van der Waals surface area contributed by atoms with Gasteiger partial charge in [0.15, 0.2) is 11.5 Å². The number of carbonyl (C=O) groups is 2. The Kier molecular flexibility index (Phi) is 9.82. The normalized spacial score (nSPS) is 14.4. The Morgan fingerprint density at radius 2 is 1.87 bits per heavy atom. The fraction of sp³-hybridized carbons (Fsp3) is 0.333. The first kappa shape index (κ1) is 31.7. The molecule has 1 aliphatic carbocycles. The van der Waals surface area contributed by atoms with Gasteiger partial charge in [-0.2, -0.15) is 11.8 Å². The first-order valence-corrected chi connectivity index (χ1v) is 15.9. The Morgan fingerprint density at radius 1 is 1.07 bits per heavy atom. The van der Waals surface area contributed by atoms with E-state index in [1.165, 1.54) is 6.92 Å². The van der Waals surface area contributed by atoms with Crippen LogP contribution in [-0.2, 0) is 16.0 Å². The average Bonchev–Trinajstić information content (AvgIpc) is 3.38. The van der Waals surface area contributed by atoms with Gasteiger partial charge in [0.1, 0.15) is 6.04 Å². The van der Waals surface area contributed by atoms with Gasteiger partial charge in [0, 0.05) is 18.2 Å². The Hall–Kier alpha value is -4.71. The van der Waals surface area contributed by atoms with Gasteiger partial charge in [-0.1, -0.05) is 6.07 Å². The maximum absolute atomic E-state index is 13.8. The predicted molar refractivity (Wildman–Crippen MR) is 178 cm³/mol. The number of hydrogen-bond acceptors (Lipinski definition) is 9. The molecule has 0 saturated heterocycles. The lowest BCUT2D eigenvalue weighted by Gasteiger charge is -2.19. The van der Waals surface area contributed by atoms with E-state index >= 15 is 0 Å². The number of H-pyrrole nitrogens is 1. The summed E-state index contributed by atoms with van der Waals surface area (Å²) in [6.45, 7) is 1.46. The summed E-state index contributed by atoms with van der Waals surface area (Å²) < 4.78 is 17.1. The van der Waals surface area contributed by atoms with Gasteiger partial charge in [-0.15, -0.1) is 0 Å². The molecule has 2 amide bonds. The summed E-state index contributed by atoms with van der Waals surface area (Å²) in [5.74, 6) is 1.64. The van der Waals surface area contributed by atoms with Crippen molar-refractivity contribution in [2.45, 2.75) is 38.3 Å². The molecule has 1 aliphatic rings. The van der Waals surface area contributed by atoms with Gasteiger partial charge in [0.25, 0.3) is 0 Å². The van der Waals surface area contributed by atoms with Crippen LogP contribution in [0.2, 0.25) is 0 Å². The van der Waals surface area contributed by atoms with Gasteiger partial charge in [-0.25, -0.2) is 4.98 Å². The smallest absolute Gasteiger partial charge is 0.246 e. The van der Waals surface area contributed by atoms with Crippen molar-refractivity contribution in [2.24, 2.45) is 0 Å². The highest BCUT2D eigenvalue weighted by molar-refractivity contribution is 7.98. The van der Waals surface area contributed by atoms with Crippen molar-refractivity contribution in [1.29, 1.82) is 0 Å². The van der Waals surface area contributed by atoms with Gasteiger partial charge in [0.05, 0.1) is 50.4 Å². The van der Waals surface area contributed by atoms with Crippen LogP contribution in [0, 0.1) is 0 Å². The molecule has 0 saturated carbocycles. The fourth-order valence-electron chi connectivity index (χ4n) is 5.76. The molecule has 0 bridgehead atoms. The van der Waals surface area contributed by atoms with Crippen LogP contribution < -0.4 is 35.6 Å². The molecule has 0 spiro atoms.